The van der Waals surface area contributed by atoms with E-state index in [9.17, 15) is 4.79 Å². The summed E-state index contributed by atoms with van der Waals surface area (Å²) in [7, 11) is 2.94. The van der Waals surface area contributed by atoms with Crippen molar-refractivity contribution in [3.63, 3.8) is 0 Å². The smallest absolute Gasteiger partial charge is 0.359 e. The fourth-order valence-electron chi connectivity index (χ4n) is 2.47. The van der Waals surface area contributed by atoms with Crippen molar-refractivity contribution in [1.82, 2.24) is 14.7 Å². The number of fused-ring (bicyclic) bond motifs is 1. The van der Waals surface area contributed by atoms with Gasteiger partial charge in [-0.25, -0.2) is 9.78 Å². The third-order valence-corrected chi connectivity index (χ3v) is 3.64. The summed E-state index contributed by atoms with van der Waals surface area (Å²) in [6.07, 6.45) is 2.73. The summed E-state index contributed by atoms with van der Waals surface area (Å²) >= 11 is 0. The maximum atomic E-state index is 11.9. The molecule has 0 unspecified atom stereocenters. The first-order chi connectivity index (χ1) is 9.74. The van der Waals surface area contributed by atoms with E-state index in [-0.39, 0.29) is 0 Å². The summed E-state index contributed by atoms with van der Waals surface area (Å²) < 4.78 is 12.1. The van der Waals surface area contributed by atoms with Gasteiger partial charge in [-0.1, -0.05) is 0 Å². The van der Waals surface area contributed by atoms with E-state index in [2.05, 4.69) is 10.3 Å². The highest BCUT2D eigenvalue weighted by Crippen LogP contribution is 2.26. The van der Waals surface area contributed by atoms with E-state index in [1.165, 1.54) is 7.11 Å². The number of nitrogens with zero attached hydrogens (tertiary/aromatic N) is 2. The van der Waals surface area contributed by atoms with Gasteiger partial charge < -0.3 is 14.8 Å². The first-order valence-electron chi connectivity index (χ1n) is 6.57. The van der Waals surface area contributed by atoms with Gasteiger partial charge in [-0.05, 0) is 31.1 Å². The average molecular weight is 275 g/mol. The molecule has 6 nitrogen and oxygen atoms in total. The lowest BCUT2D eigenvalue weighted by molar-refractivity contribution is 0.0596. The fraction of sp³-hybridized carbons (Fsp3) is 0.429. The summed E-state index contributed by atoms with van der Waals surface area (Å²) in [4.78, 5) is 16.4. The third-order valence-electron chi connectivity index (χ3n) is 3.64. The number of nitrogens with one attached hydrogen (secondary N) is 1. The zero-order valence-corrected chi connectivity index (χ0v) is 11.5. The van der Waals surface area contributed by atoms with Crippen LogP contribution in [0.1, 0.15) is 16.3 Å². The summed E-state index contributed by atoms with van der Waals surface area (Å²) in [6, 6.07) is 3.70. The van der Waals surface area contributed by atoms with Gasteiger partial charge in [-0.15, -0.1) is 0 Å². The quantitative estimate of drug-likeness (QED) is 0.840. The first kappa shape index (κ1) is 12.9. The summed E-state index contributed by atoms with van der Waals surface area (Å²) in [5.41, 5.74) is 0.983. The van der Waals surface area contributed by atoms with Crippen LogP contribution < -0.4 is 10.1 Å². The van der Waals surface area contributed by atoms with Crippen LogP contribution in [-0.2, 0) is 11.2 Å². The lowest BCUT2D eigenvalue weighted by Crippen LogP contribution is -2.43. The van der Waals surface area contributed by atoms with E-state index < -0.39 is 5.97 Å². The zero-order valence-electron chi connectivity index (χ0n) is 11.5. The molecule has 3 rings (SSSR count). The SMILES string of the molecule is COC(=O)c1nc(CC2CNC2)n2cccc(OC)c12. The van der Waals surface area contributed by atoms with Crippen LogP contribution in [0.3, 0.4) is 0 Å². The minimum atomic E-state index is -0.440. The van der Waals surface area contributed by atoms with Crippen LogP contribution in [-0.4, -0.2) is 42.7 Å². The van der Waals surface area contributed by atoms with Crippen LogP contribution in [0, 0.1) is 5.92 Å². The second-order valence-electron chi connectivity index (χ2n) is 4.89. The zero-order chi connectivity index (χ0) is 14.1. The van der Waals surface area contributed by atoms with Gasteiger partial charge in [-0.2, -0.15) is 0 Å². The molecule has 3 heterocycles. The first-order valence-corrected chi connectivity index (χ1v) is 6.57. The van der Waals surface area contributed by atoms with Gasteiger partial charge in [0.1, 0.15) is 17.1 Å². The maximum Gasteiger partial charge on any atom is 0.359 e. The van der Waals surface area contributed by atoms with Crippen molar-refractivity contribution in [3.05, 3.63) is 29.8 Å². The molecule has 0 aromatic carbocycles. The highest BCUT2D eigenvalue weighted by atomic mass is 16.5. The van der Waals surface area contributed by atoms with Crippen LogP contribution in [0.5, 0.6) is 5.75 Å². The van der Waals surface area contributed by atoms with Crippen molar-refractivity contribution in [1.29, 1.82) is 0 Å². The van der Waals surface area contributed by atoms with Crippen molar-refractivity contribution in [2.45, 2.75) is 6.42 Å². The summed E-state index contributed by atoms with van der Waals surface area (Å²) in [5.74, 6) is 1.62. The fourth-order valence-corrected chi connectivity index (χ4v) is 2.47. The Morgan fingerprint density at radius 3 is 2.90 bits per heavy atom. The van der Waals surface area contributed by atoms with E-state index in [0.29, 0.717) is 22.9 Å². The van der Waals surface area contributed by atoms with Gasteiger partial charge >= 0.3 is 5.97 Å². The minimum Gasteiger partial charge on any atom is -0.494 e. The van der Waals surface area contributed by atoms with Gasteiger partial charge in [0.15, 0.2) is 5.69 Å². The largest absolute Gasteiger partial charge is 0.494 e. The van der Waals surface area contributed by atoms with E-state index in [0.717, 1.165) is 25.3 Å². The molecule has 0 spiro atoms. The molecule has 0 bridgehead atoms. The molecule has 0 radical (unpaired) electrons. The second kappa shape index (κ2) is 5.13. The van der Waals surface area contributed by atoms with Crippen LogP contribution >= 0.6 is 0 Å². The number of imidazole rings is 1. The molecule has 20 heavy (non-hydrogen) atoms. The molecule has 2 aromatic heterocycles. The Labute approximate surface area is 116 Å². The number of aromatic nitrogens is 2. The van der Waals surface area contributed by atoms with Gasteiger partial charge in [0.05, 0.1) is 14.2 Å². The van der Waals surface area contributed by atoms with Gasteiger partial charge in [0.25, 0.3) is 0 Å². The number of ether oxygens (including phenoxy) is 2. The third kappa shape index (κ3) is 2.02. The van der Waals surface area contributed by atoms with Gasteiger partial charge in [-0.3, -0.25) is 4.40 Å². The van der Waals surface area contributed by atoms with Crippen molar-refractivity contribution in [2.24, 2.45) is 5.92 Å². The molecule has 0 saturated carbocycles. The number of methoxy groups -OCH3 is 2. The minimum absolute atomic E-state index is 0.312. The molecule has 1 saturated heterocycles. The molecule has 0 amide bonds. The molecule has 106 valence electrons. The van der Waals surface area contributed by atoms with Gasteiger partial charge in [0.2, 0.25) is 0 Å². The Morgan fingerprint density at radius 1 is 1.50 bits per heavy atom. The lowest BCUT2D eigenvalue weighted by Gasteiger charge is -2.26. The van der Waals surface area contributed by atoms with Crippen LogP contribution in [0.4, 0.5) is 0 Å². The predicted molar refractivity (Wildman–Crippen MR) is 73.1 cm³/mol. The topological polar surface area (TPSA) is 64.9 Å². The van der Waals surface area contributed by atoms with E-state index >= 15 is 0 Å². The lowest BCUT2D eigenvalue weighted by atomic mass is 9.99. The molecular formula is C14H17N3O3. The molecule has 2 aromatic rings. The highest BCUT2D eigenvalue weighted by Gasteiger charge is 2.25. The monoisotopic (exact) mass is 275 g/mol. The van der Waals surface area contributed by atoms with Gasteiger partial charge in [0, 0.05) is 12.6 Å². The summed E-state index contributed by atoms with van der Waals surface area (Å²) in [6.45, 7) is 1.98. The van der Waals surface area contributed by atoms with E-state index in [1.807, 2.05) is 22.7 Å². The summed E-state index contributed by atoms with van der Waals surface area (Å²) in [5, 5.41) is 3.24. The number of pyridine rings is 1. The Morgan fingerprint density at radius 2 is 2.30 bits per heavy atom. The molecule has 0 aliphatic carbocycles. The number of carbonyl (C=O) groups excluding carboxylic acids is 1. The number of carbonyl (C=O) groups is 1. The average Bonchev–Trinajstić information content (AvgIpc) is 2.81. The number of hydrogen-bond acceptors (Lipinski definition) is 5. The Hall–Kier alpha value is -2.08. The van der Waals surface area contributed by atoms with E-state index in [4.69, 9.17) is 9.47 Å². The number of rotatable bonds is 4. The van der Waals surface area contributed by atoms with Crippen molar-refractivity contribution in [2.75, 3.05) is 27.3 Å². The molecular weight excluding hydrogens is 258 g/mol. The molecule has 6 heteroatoms. The maximum absolute atomic E-state index is 11.9. The van der Waals surface area contributed by atoms with Crippen molar-refractivity contribution < 1.29 is 14.3 Å². The molecule has 0 atom stereocenters. The van der Waals surface area contributed by atoms with Crippen LogP contribution in [0.2, 0.25) is 0 Å². The second-order valence-corrected chi connectivity index (χ2v) is 4.89. The Balaban J connectivity index is 2.13. The van der Waals surface area contributed by atoms with Crippen LogP contribution in [0.25, 0.3) is 5.52 Å². The van der Waals surface area contributed by atoms with Crippen molar-refractivity contribution >= 4 is 11.5 Å². The normalized spacial score (nSPS) is 15.1. The number of hydrogen-bond donors (Lipinski definition) is 1. The Kier molecular flexibility index (Phi) is 3.31. The standard InChI is InChI=1S/C14H17N3O3/c1-19-10-4-3-5-17-11(6-9-7-15-8-9)16-12(13(10)17)14(18)20-2/h3-5,9,15H,6-8H2,1-2H3. The van der Waals surface area contributed by atoms with E-state index in [1.54, 1.807) is 7.11 Å². The molecule has 1 aliphatic rings. The predicted octanol–water partition coefficient (Wildman–Crippen LogP) is 0.891. The molecule has 1 fully saturated rings. The number of esters is 1. The Bertz CT molecular complexity index is 646. The molecule has 1 N–H and O–H groups in total. The molecule has 1 aliphatic heterocycles. The van der Waals surface area contributed by atoms with Crippen molar-refractivity contribution in [3.8, 4) is 5.75 Å². The highest BCUT2D eigenvalue weighted by molar-refractivity contribution is 5.97. The van der Waals surface area contributed by atoms with Crippen LogP contribution in [0.15, 0.2) is 18.3 Å².